The van der Waals surface area contributed by atoms with Gasteiger partial charge in [-0.25, -0.2) is 0 Å². The number of halogens is 1. The second kappa shape index (κ2) is 10.9. The Hall–Kier alpha value is -2.23. The van der Waals surface area contributed by atoms with Gasteiger partial charge in [-0.15, -0.1) is 12.4 Å². The molecule has 156 valence electrons. The second-order valence-electron chi connectivity index (χ2n) is 6.66. The molecule has 1 aliphatic heterocycles. The molecule has 1 saturated heterocycles. The highest BCUT2D eigenvalue weighted by Gasteiger charge is 2.30. The molecule has 1 atom stereocenters. The van der Waals surface area contributed by atoms with Gasteiger partial charge in [0, 0.05) is 25.2 Å². The fourth-order valence-electron chi connectivity index (χ4n) is 3.45. The summed E-state index contributed by atoms with van der Waals surface area (Å²) in [5.41, 5.74) is 0.0527. The molecule has 1 amide bonds. The first kappa shape index (κ1) is 23.8. The number of nitro benzene ring substituents is 1. The van der Waals surface area contributed by atoms with Crippen LogP contribution in [-0.2, 0) is 9.59 Å². The van der Waals surface area contributed by atoms with Gasteiger partial charge in [0.1, 0.15) is 5.69 Å². The van der Waals surface area contributed by atoms with E-state index in [1.165, 1.54) is 12.1 Å². The first-order valence-electron chi connectivity index (χ1n) is 9.07. The third kappa shape index (κ3) is 6.15. The van der Waals surface area contributed by atoms with E-state index >= 15 is 0 Å². The van der Waals surface area contributed by atoms with Crippen LogP contribution in [-0.4, -0.2) is 70.0 Å². The van der Waals surface area contributed by atoms with Crippen LogP contribution in [0.2, 0.25) is 0 Å². The third-order valence-corrected chi connectivity index (χ3v) is 5.05. The molecule has 0 aromatic heterocycles. The van der Waals surface area contributed by atoms with Gasteiger partial charge in [-0.3, -0.25) is 29.5 Å². The quantitative estimate of drug-likeness (QED) is 0.494. The number of nitro groups is 1. The number of hydrogen-bond donors (Lipinski definition) is 2. The summed E-state index contributed by atoms with van der Waals surface area (Å²) < 4.78 is 0. The molecule has 0 radical (unpaired) electrons. The number of carbonyl (C=O) groups is 2. The van der Waals surface area contributed by atoms with Crippen molar-refractivity contribution in [1.29, 1.82) is 0 Å². The maximum atomic E-state index is 12.5. The highest BCUT2D eigenvalue weighted by molar-refractivity contribution is 5.96. The molecule has 1 aromatic carbocycles. The van der Waals surface area contributed by atoms with Gasteiger partial charge in [0.2, 0.25) is 5.91 Å². The van der Waals surface area contributed by atoms with Crippen molar-refractivity contribution in [2.45, 2.75) is 38.8 Å². The number of piperidine rings is 1. The lowest BCUT2D eigenvalue weighted by atomic mass is 10.0. The number of carbonyl (C=O) groups excluding carboxylic acids is 1. The van der Waals surface area contributed by atoms with Crippen LogP contribution in [0.3, 0.4) is 0 Å². The molecule has 1 aliphatic rings. The SMILES string of the molecule is CCN(CC(=O)O)C1CCN(C(C)C(=O)Nc2ccccc2[N+](=O)[O-])CC1.Cl. The monoisotopic (exact) mass is 414 g/mol. The van der Waals surface area contributed by atoms with Gasteiger partial charge in [0.25, 0.3) is 5.69 Å². The van der Waals surface area contributed by atoms with E-state index in [2.05, 4.69) is 5.32 Å². The van der Waals surface area contributed by atoms with E-state index in [-0.39, 0.29) is 42.3 Å². The zero-order chi connectivity index (χ0) is 20.0. The maximum absolute atomic E-state index is 12.5. The van der Waals surface area contributed by atoms with E-state index in [1.54, 1.807) is 19.1 Å². The fourth-order valence-corrected chi connectivity index (χ4v) is 3.45. The Morgan fingerprint density at radius 1 is 1.36 bits per heavy atom. The number of likely N-dealkylation sites (N-methyl/N-ethyl adjacent to an activating group) is 1. The van der Waals surface area contributed by atoms with E-state index in [0.717, 1.165) is 12.8 Å². The average molecular weight is 415 g/mol. The van der Waals surface area contributed by atoms with E-state index in [9.17, 15) is 19.7 Å². The predicted molar refractivity (Wildman–Crippen MR) is 108 cm³/mol. The van der Waals surface area contributed by atoms with Gasteiger partial charge in [-0.1, -0.05) is 19.1 Å². The highest BCUT2D eigenvalue weighted by atomic mass is 35.5. The van der Waals surface area contributed by atoms with E-state index in [0.29, 0.717) is 19.6 Å². The number of nitrogens with one attached hydrogen (secondary N) is 1. The van der Waals surface area contributed by atoms with E-state index < -0.39 is 16.9 Å². The van der Waals surface area contributed by atoms with Crippen LogP contribution in [0.4, 0.5) is 11.4 Å². The standard InChI is InChI=1S/C18H26N4O5.ClH/c1-3-20(12-17(23)24)14-8-10-21(11-9-14)13(2)18(25)19-15-6-4-5-7-16(15)22(26)27;/h4-7,13-14H,3,8-12H2,1-2H3,(H,19,25)(H,23,24);1H. The molecular weight excluding hydrogens is 388 g/mol. The number of aliphatic carboxylic acids is 1. The van der Waals surface area contributed by atoms with E-state index in [1.807, 2.05) is 16.7 Å². The second-order valence-corrected chi connectivity index (χ2v) is 6.66. The van der Waals surface area contributed by atoms with Crippen LogP contribution >= 0.6 is 12.4 Å². The molecule has 0 spiro atoms. The van der Waals surface area contributed by atoms with Crippen molar-refractivity contribution >= 4 is 35.7 Å². The van der Waals surface area contributed by atoms with Gasteiger partial charge in [0.05, 0.1) is 17.5 Å². The number of hydrogen-bond acceptors (Lipinski definition) is 6. The lowest BCUT2D eigenvalue weighted by Crippen LogP contribution is -2.51. The molecule has 28 heavy (non-hydrogen) atoms. The summed E-state index contributed by atoms with van der Waals surface area (Å²) >= 11 is 0. The Balaban J connectivity index is 0.00000392. The molecule has 10 heteroatoms. The molecule has 1 fully saturated rings. The molecule has 2 N–H and O–H groups in total. The average Bonchev–Trinajstić information content (AvgIpc) is 2.65. The molecule has 0 saturated carbocycles. The molecule has 1 heterocycles. The minimum Gasteiger partial charge on any atom is -0.480 e. The number of likely N-dealkylation sites (tertiary alicyclic amines) is 1. The first-order valence-corrected chi connectivity index (χ1v) is 9.07. The van der Waals surface area contributed by atoms with Crippen LogP contribution in [0.5, 0.6) is 0 Å². The van der Waals surface area contributed by atoms with Crippen molar-refractivity contribution in [3.8, 4) is 0 Å². The number of amides is 1. The molecule has 0 aliphatic carbocycles. The lowest BCUT2D eigenvalue weighted by molar-refractivity contribution is -0.383. The molecule has 1 aromatic rings. The van der Waals surface area contributed by atoms with Gasteiger partial charge in [-0.05, 0) is 32.4 Å². The van der Waals surface area contributed by atoms with Crippen LogP contribution < -0.4 is 5.32 Å². The highest BCUT2D eigenvalue weighted by Crippen LogP contribution is 2.24. The van der Waals surface area contributed by atoms with Crippen molar-refractivity contribution < 1.29 is 19.6 Å². The van der Waals surface area contributed by atoms with Gasteiger partial charge in [0.15, 0.2) is 0 Å². The molecule has 0 bridgehead atoms. The summed E-state index contributed by atoms with van der Waals surface area (Å²) in [6, 6.07) is 5.82. The molecular formula is C18H27ClN4O5. The number of rotatable bonds is 8. The van der Waals surface area contributed by atoms with Crippen molar-refractivity contribution in [3.63, 3.8) is 0 Å². The normalized spacial score (nSPS) is 16.2. The third-order valence-electron chi connectivity index (χ3n) is 5.05. The number of nitrogens with zero attached hydrogens (tertiary/aromatic N) is 3. The summed E-state index contributed by atoms with van der Waals surface area (Å²) in [6.07, 6.45) is 1.56. The molecule has 1 unspecified atom stereocenters. The largest absolute Gasteiger partial charge is 0.480 e. The fraction of sp³-hybridized carbons (Fsp3) is 0.556. The summed E-state index contributed by atoms with van der Waals surface area (Å²) in [7, 11) is 0. The van der Waals surface area contributed by atoms with Crippen LogP contribution in [0, 0.1) is 10.1 Å². The first-order chi connectivity index (χ1) is 12.8. The summed E-state index contributed by atoms with van der Waals surface area (Å²) in [6.45, 7) is 5.76. The summed E-state index contributed by atoms with van der Waals surface area (Å²) in [5, 5.41) is 22.7. The minimum atomic E-state index is -0.837. The predicted octanol–water partition coefficient (Wildman–Crippen LogP) is 2.21. The lowest BCUT2D eigenvalue weighted by Gasteiger charge is -2.39. The van der Waals surface area contributed by atoms with Crippen LogP contribution in [0.15, 0.2) is 24.3 Å². The Morgan fingerprint density at radius 3 is 2.50 bits per heavy atom. The van der Waals surface area contributed by atoms with Crippen molar-refractivity contribution in [3.05, 3.63) is 34.4 Å². The smallest absolute Gasteiger partial charge is 0.317 e. The van der Waals surface area contributed by atoms with Crippen LogP contribution in [0.1, 0.15) is 26.7 Å². The number of carboxylic acid groups (broad SMARTS) is 1. The molecule has 9 nitrogen and oxygen atoms in total. The van der Waals surface area contributed by atoms with E-state index in [4.69, 9.17) is 5.11 Å². The van der Waals surface area contributed by atoms with Crippen LogP contribution in [0.25, 0.3) is 0 Å². The van der Waals surface area contributed by atoms with Gasteiger partial charge < -0.3 is 10.4 Å². The van der Waals surface area contributed by atoms with Gasteiger partial charge in [-0.2, -0.15) is 0 Å². The topological polar surface area (TPSA) is 116 Å². The maximum Gasteiger partial charge on any atom is 0.317 e. The number of anilines is 1. The van der Waals surface area contributed by atoms with Crippen molar-refractivity contribution in [2.75, 3.05) is 31.5 Å². The zero-order valence-corrected chi connectivity index (χ0v) is 16.9. The Bertz CT molecular complexity index is 694. The number of benzene rings is 1. The summed E-state index contributed by atoms with van der Waals surface area (Å²) in [4.78, 5) is 38.0. The van der Waals surface area contributed by atoms with Crippen molar-refractivity contribution in [1.82, 2.24) is 9.80 Å². The Labute approximate surface area is 170 Å². The molecule has 2 rings (SSSR count). The Kier molecular flexibility index (Phi) is 9.30. The zero-order valence-electron chi connectivity index (χ0n) is 16.0. The summed E-state index contributed by atoms with van der Waals surface area (Å²) in [5.74, 6) is -1.13. The van der Waals surface area contributed by atoms with Gasteiger partial charge >= 0.3 is 5.97 Å². The van der Waals surface area contributed by atoms with Crippen molar-refractivity contribution in [2.24, 2.45) is 0 Å². The number of carboxylic acids is 1. The minimum absolute atomic E-state index is 0. The number of para-hydroxylation sites is 2. The Morgan fingerprint density at radius 2 is 1.96 bits per heavy atom.